The lowest BCUT2D eigenvalue weighted by molar-refractivity contribution is 0.0217. The van der Waals surface area contributed by atoms with Gasteiger partial charge in [0.1, 0.15) is 11.7 Å². The molecule has 1 aromatic heterocycles. The minimum absolute atomic E-state index is 0.0994. The van der Waals surface area contributed by atoms with Crippen molar-refractivity contribution in [2.75, 3.05) is 13.2 Å². The van der Waals surface area contributed by atoms with Crippen molar-refractivity contribution >= 4 is 6.09 Å². The first-order valence-electron chi connectivity index (χ1n) is 7.89. The summed E-state index contributed by atoms with van der Waals surface area (Å²) < 4.78 is 16.3. The van der Waals surface area contributed by atoms with Crippen LogP contribution < -0.4 is 0 Å². The largest absolute Gasteiger partial charge is 0.444 e. The fourth-order valence-corrected chi connectivity index (χ4v) is 2.86. The first kappa shape index (κ1) is 15.3. The Morgan fingerprint density at radius 3 is 2.82 bits per heavy atom. The van der Waals surface area contributed by atoms with Crippen LogP contribution in [0.5, 0.6) is 0 Å². The van der Waals surface area contributed by atoms with Crippen LogP contribution in [0.4, 0.5) is 4.79 Å². The number of likely N-dealkylation sites (tertiary alicyclic amines) is 1. The molecule has 0 aromatic carbocycles. The lowest BCUT2D eigenvalue weighted by Gasteiger charge is -2.27. The smallest absolute Gasteiger partial charge is 0.410 e. The van der Waals surface area contributed by atoms with Gasteiger partial charge in [-0.25, -0.2) is 4.79 Å². The summed E-state index contributed by atoms with van der Waals surface area (Å²) in [6.45, 7) is 6.97. The summed E-state index contributed by atoms with van der Waals surface area (Å²) in [7, 11) is 0. The number of carbonyl (C=O) groups is 1. The van der Waals surface area contributed by atoms with E-state index in [4.69, 9.17) is 14.0 Å². The Labute approximate surface area is 129 Å². The van der Waals surface area contributed by atoms with Crippen LogP contribution in [0.25, 0.3) is 0 Å². The zero-order valence-electron chi connectivity index (χ0n) is 13.4. The lowest BCUT2D eigenvalue weighted by Crippen LogP contribution is -2.36. The van der Waals surface area contributed by atoms with Gasteiger partial charge in [0.05, 0.1) is 6.04 Å². The molecule has 0 spiro atoms. The Kier molecular flexibility index (Phi) is 4.08. The van der Waals surface area contributed by atoms with Crippen molar-refractivity contribution in [2.45, 2.75) is 64.2 Å². The Hall–Kier alpha value is -1.63. The van der Waals surface area contributed by atoms with Gasteiger partial charge < -0.3 is 14.0 Å². The van der Waals surface area contributed by atoms with E-state index in [0.29, 0.717) is 18.3 Å². The van der Waals surface area contributed by atoms with Gasteiger partial charge in [0.15, 0.2) is 5.82 Å². The third kappa shape index (κ3) is 3.24. The second kappa shape index (κ2) is 5.87. The number of hydrogen-bond donors (Lipinski definition) is 0. The maximum Gasteiger partial charge on any atom is 0.410 e. The molecule has 7 nitrogen and oxygen atoms in total. The van der Waals surface area contributed by atoms with E-state index in [1.165, 1.54) is 0 Å². The second-order valence-corrected chi connectivity index (χ2v) is 6.82. The van der Waals surface area contributed by atoms with E-state index in [1.807, 2.05) is 20.8 Å². The normalized spacial score (nSPS) is 25.7. The molecule has 2 aliphatic heterocycles. The molecule has 2 saturated heterocycles. The first-order valence-corrected chi connectivity index (χ1v) is 7.89. The van der Waals surface area contributed by atoms with E-state index < -0.39 is 5.60 Å². The van der Waals surface area contributed by atoms with Crippen LogP contribution in [0.2, 0.25) is 0 Å². The molecule has 0 bridgehead atoms. The number of amides is 1. The SMILES string of the molecule is CC(C)(C)OC(=O)N1CCC[C@H]1c1noc(C2CCCO2)n1. The summed E-state index contributed by atoms with van der Waals surface area (Å²) >= 11 is 0. The molecule has 2 fully saturated rings. The van der Waals surface area contributed by atoms with Crippen LogP contribution in [-0.2, 0) is 9.47 Å². The molecule has 1 amide bonds. The van der Waals surface area contributed by atoms with Crippen LogP contribution in [0, 0.1) is 0 Å². The molecule has 122 valence electrons. The van der Waals surface area contributed by atoms with E-state index >= 15 is 0 Å². The molecule has 2 atom stereocenters. The number of hydrogen-bond acceptors (Lipinski definition) is 6. The van der Waals surface area contributed by atoms with Crippen molar-refractivity contribution < 1.29 is 18.8 Å². The molecule has 0 saturated carbocycles. The average Bonchev–Trinajstić information content (AvgIpc) is 3.17. The number of aromatic nitrogens is 2. The molecule has 0 aliphatic carbocycles. The highest BCUT2D eigenvalue weighted by molar-refractivity contribution is 5.69. The van der Waals surface area contributed by atoms with Gasteiger partial charge in [-0.3, -0.25) is 4.90 Å². The highest BCUT2D eigenvalue weighted by Crippen LogP contribution is 2.33. The summed E-state index contributed by atoms with van der Waals surface area (Å²) in [5.41, 5.74) is -0.510. The number of ether oxygens (including phenoxy) is 2. The fraction of sp³-hybridized carbons (Fsp3) is 0.800. The molecule has 3 heterocycles. The summed E-state index contributed by atoms with van der Waals surface area (Å²) in [4.78, 5) is 18.4. The van der Waals surface area contributed by atoms with Gasteiger partial charge >= 0.3 is 6.09 Å². The van der Waals surface area contributed by atoms with Gasteiger partial charge in [-0.2, -0.15) is 4.98 Å². The Bertz CT molecular complexity index is 531. The predicted octanol–water partition coefficient (Wildman–Crippen LogP) is 2.99. The van der Waals surface area contributed by atoms with E-state index in [-0.39, 0.29) is 18.2 Å². The third-order valence-electron chi connectivity index (χ3n) is 3.84. The van der Waals surface area contributed by atoms with Crippen LogP contribution in [0.1, 0.15) is 70.3 Å². The monoisotopic (exact) mass is 309 g/mol. The summed E-state index contributed by atoms with van der Waals surface area (Å²) in [5, 5.41) is 4.06. The van der Waals surface area contributed by atoms with Gasteiger partial charge in [-0.15, -0.1) is 0 Å². The van der Waals surface area contributed by atoms with Gasteiger partial charge in [0, 0.05) is 13.2 Å². The highest BCUT2D eigenvalue weighted by Gasteiger charge is 2.36. The zero-order valence-corrected chi connectivity index (χ0v) is 13.4. The van der Waals surface area contributed by atoms with Crippen LogP contribution in [-0.4, -0.2) is 39.9 Å². The number of nitrogens with zero attached hydrogens (tertiary/aromatic N) is 3. The van der Waals surface area contributed by atoms with E-state index in [0.717, 1.165) is 32.3 Å². The first-order chi connectivity index (χ1) is 10.4. The van der Waals surface area contributed by atoms with Crippen LogP contribution in [0.3, 0.4) is 0 Å². The minimum atomic E-state index is -0.510. The quantitative estimate of drug-likeness (QED) is 0.835. The topological polar surface area (TPSA) is 77.7 Å². The Morgan fingerprint density at radius 1 is 1.32 bits per heavy atom. The molecule has 22 heavy (non-hydrogen) atoms. The van der Waals surface area contributed by atoms with Crippen molar-refractivity contribution in [3.63, 3.8) is 0 Å². The molecule has 1 unspecified atom stereocenters. The van der Waals surface area contributed by atoms with Crippen LogP contribution in [0.15, 0.2) is 4.52 Å². The molecular formula is C15H23N3O4. The number of carbonyl (C=O) groups excluding carboxylic acids is 1. The van der Waals surface area contributed by atoms with E-state index in [2.05, 4.69) is 10.1 Å². The van der Waals surface area contributed by atoms with Crippen LogP contribution >= 0.6 is 0 Å². The maximum absolute atomic E-state index is 12.3. The summed E-state index contributed by atoms with van der Waals surface area (Å²) in [5.74, 6) is 1.07. The molecule has 1 aromatic rings. The molecule has 0 radical (unpaired) electrons. The Morgan fingerprint density at radius 2 is 2.14 bits per heavy atom. The van der Waals surface area contributed by atoms with Crippen molar-refractivity contribution in [2.24, 2.45) is 0 Å². The van der Waals surface area contributed by atoms with Gasteiger partial charge in [0.2, 0.25) is 0 Å². The molecule has 7 heteroatoms. The van der Waals surface area contributed by atoms with Crippen molar-refractivity contribution in [3.05, 3.63) is 11.7 Å². The minimum Gasteiger partial charge on any atom is -0.444 e. The maximum atomic E-state index is 12.3. The summed E-state index contributed by atoms with van der Waals surface area (Å²) in [6, 6.07) is -0.172. The van der Waals surface area contributed by atoms with E-state index in [1.54, 1.807) is 4.90 Å². The van der Waals surface area contributed by atoms with Gasteiger partial charge in [-0.1, -0.05) is 5.16 Å². The van der Waals surface area contributed by atoms with Crippen molar-refractivity contribution in [3.8, 4) is 0 Å². The number of rotatable bonds is 2. The molecular weight excluding hydrogens is 286 g/mol. The second-order valence-electron chi connectivity index (χ2n) is 6.82. The molecule has 0 N–H and O–H groups in total. The highest BCUT2D eigenvalue weighted by atomic mass is 16.6. The van der Waals surface area contributed by atoms with E-state index in [9.17, 15) is 4.79 Å². The van der Waals surface area contributed by atoms with Gasteiger partial charge in [-0.05, 0) is 46.5 Å². The Balaban J connectivity index is 1.71. The summed E-state index contributed by atoms with van der Waals surface area (Å²) in [6.07, 6.45) is 3.23. The molecule has 3 rings (SSSR count). The average molecular weight is 309 g/mol. The molecule has 2 aliphatic rings. The fourth-order valence-electron chi connectivity index (χ4n) is 2.86. The zero-order chi connectivity index (χ0) is 15.7. The predicted molar refractivity (Wildman–Crippen MR) is 77.1 cm³/mol. The third-order valence-corrected chi connectivity index (χ3v) is 3.84. The lowest BCUT2D eigenvalue weighted by atomic mass is 10.2. The van der Waals surface area contributed by atoms with Crippen molar-refractivity contribution in [1.82, 2.24) is 15.0 Å². The van der Waals surface area contributed by atoms with Gasteiger partial charge in [0.25, 0.3) is 5.89 Å². The van der Waals surface area contributed by atoms with Crippen molar-refractivity contribution in [1.29, 1.82) is 0 Å². The standard InChI is InChI=1S/C15H23N3O4/c1-15(2,3)21-14(19)18-8-4-6-10(18)12-16-13(22-17-12)11-7-5-9-20-11/h10-11H,4-9H2,1-3H3/t10-,11?/m0/s1.